The van der Waals surface area contributed by atoms with E-state index in [-0.39, 0.29) is 11.2 Å². The highest BCUT2D eigenvalue weighted by Gasteiger charge is 2.27. The molecule has 2 aromatic rings. The van der Waals surface area contributed by atoms with Gasteiger partial charge in [0, 0.05) is 16.8 Å². The van der Waals surface area contributed by atoms with Crippen LogP contribution in [0.1, 0.15) is 44.0 Å². The van der Waals surface area contributed by atoms with Crippen molar-refractivity contribution >= 4 is 0 Å². The van der Waals surface area contributed by atoms with E-state index >= 15 is 0 Å². The molecule has 0 atom stereocenters. The van der Waals surface area contributed by atoms with Crippen molar-refractivity contribution in [2.45, 2.75) is 52.1 Å². The zero-order valence-electron chi connectivity index (χ0n) is 13.4. The molecule has 1 aliphatic rings. The zero-order valence-corrected chi connectivity index (χ0v) is 13.4. The predicted molar refractivity (Wildman–Crippen MR) is 87.5 cm³/mol. The molecule has 1 aromatic heterocycles. The van der Waals surface area contributed by atoms with Gasteiger partial charge in [-0.1, -0.05) is 30.3 Å². The summed E-state index contributed by atoms with van der Waals surface area (Å²) in [7, 11) is 0. The fourth-order valence-electron chi connectivity index (χ4n) is 3.23. The molecule has 1 aliphatic carbocycles. The van der Waals surface area contributed by atoms with E-state index in [1.54, 1.807) is 4.57 Å². The van der Waals surface area contributed by atoms with Gasteiger partial charge in [-0.25, -0.2) is 4.79 Å². The molecular weight excluding hydrogens is 276 g/mol. The fourth-order valence-corrected chi connectivity index (χ4v) is 3.23. The normalized spacial score (nSPS) is 14.1. The summed E-state index contributed by atoms with van der Waals surface area (Å²) in [5, 5.41) is 0. The van der Waals surface area contributed by atoms with Crippen molar-refractivity contribution in [2.75, 3.05) is 0 Å². The molecule has 3 rings (SSSR count). The number of aromatic nitrogens is 2. The van der Waals surface area contributed by atoms with Crippen molar-refractivity contribution in [1.82, 2.24) is 9.13 Å². The van der Waals surface area contributed by atoms with E-state index in [1.165, 1.54) is 4.57 Å². The summed E-state index contributed by atoms with van der Waals surface area (Å²) in [5.74, 6) is 0. The molecular formula is C18H22N2O2. The maximum Gasteiger partial charge on any atom is 0.332 e. The van der Waals surface area contributed by atoms with Crippen LogP contribution >= 0.6 is 0 Å². The molecule has 0 fully saturated rings. The lowest BCUT2D eigenvalue weighted by Crippen LogP contribution is -2.49. The van der Waals surface area contributed by atoms with E-state index in [4.69, 9.17) is 0 Å². The summed E-state index contributed by atoms with van der Waals surface area (Å²) in [6.45, 7) is 6.25. The van der Waals surface area contributed by atoms with Crippen LogP contribution in [0.25, 0.3) is 0 Å². The summed E-state index contributed by atoms with van der Waals surface area (Å²) in [4.78, 5) is 25.6. The number of rotatable bonds is 2. The highest BCUT2D eigenvalue weighted by Crippen LogP contribution is 2.19. The van der Waals surface area contributed by atoms with E-state index in [9.17, 15) is 9.59 Å². The first-order chi connectivity index (χ1) is 10.4. The topological polar surface area (TPSA) is 44.0 Å². The minimum atomic E-state index is -0.510. The van der Waals surface area contributed by atoms with Gasteiger partial charge in [-0.05, 0) is 45.6 Å². The van der Waals surface area contributed by atoms with Gasteiger partial charge >= 0.3 is 5.69 Å². The molecule has 0 spiro atoms. The monoisotopic (exact) mass is 298 g/mol. The van der Waals surface area contributed by atoms with Crippen LogP contribution in [0.5, 0.6) is 0 Å². The minimum Gasteiger partial charge on any atom is -0.293 e. The quantitative estimate of drug-likeness (QED) is 0.854. The van der Waals surface area contributed by atoms with Crippen LogP contribution in [0.15, 0.2) is 39.9 Å². The van der Waals surface area contributed by atoms with Gasteiger partial charge in [-0.3, -0.25) is 13.9 Å². The Morgan fingerprint density at radius 3 is 2.36 bits per heavy atom. The SMILES string of the molecule is CC(C)(C)n1c(=O)c2c(n(Cc3ccccc3)c1=O)CCC2. The average molecular weight is 298 g/mol. The van der Waals surface area contributed by atoms with Crippen molar-refractivity contribution in [1.29, 1.82) is 0 Å². The zero-order chi connectivity index (χ0) is 15.9. The molecule has 22 heavy (non-hydrogen) atoms. The third-order valence-corrected chi connectivity index (χ3v) is 4.25. The summed E-state index contributed by atoms with van der Waals surface area (Å²) in [6.07, 6.45) is 2.55. The van der Waals surface area contributed by atoms with Crippen LogP contribution in [0.3, 0.4) is 0 Å². The van der Waals surface area contributed by atoms with Crippen molar-refractivity contribution in [3.8, 4) is 0 Å². The average Bonchev–Trinajstić information content (AvgIpc) is 2.93. The summed E-state index contributed by atoms with van der Waals surface area (Å²) in [5.41, 5.74) is 2.03. The first kappa shape index (κ1) is 14.8. The third kappa shape index (κ3) is 2.43. The van der Waals surface area contributed by atoms with Crippen LogP contribution in [-0.2, 0) is 24.9 Å². The summed E-state index contributed by atoms with van der Waals surface area (Å²) >= 11 is 0. The lowest BCUT2D eigenvalue weighted by molar-refractivity contribution is 0.352. The first-order valence-electron chi connectivity index (χ1n) is 7.81. The predicted octanol–water partition coefficient (Wildman–Crippen LogP) is 2.30. The number of hydrogen-bond donors (Lipinski definition) is 0. The van der Waals surface area contributed by atoms with Crippen LogP contribution in [-0.4, -0.2) is 9.13 Å². The number of benzene rings is 1. The van der Waals surface area contributed by atoms with E-state index < -0.39 is 5.54 Å². The van der Waals surface area contributed by atoms with Crippen molar-refractivity contribution in [3.63, 3.8) is 0 Å². The number of fused-ring (bicyclic) bond motifs is 1. The molecule has 1 heterocycles. The Bertz CT molecular complexity index is 808. The maximum absolute atomic E-state index is 12.9. The van der Waals surface area contributed by atoms with E-state index in [2.05, 4.69) is 0 Å². The van der Waals surface area contributed by atoms with Crippen LogP contribution in [0, 0.1) is 0 Å². The Hall–Kier alpha value is -2.10. The van der Waals surface area contributed by atoms with Gasteiger partial charge in [0.25, 0.3) is 5.56 Å². The van der Waals surface area contributed by atoms with Gasteiger partial charge in [0.1, 0.15) is 0 Å². The van der Waals surface area contributed by atoms with Gasteiger partial charge in [-0.15, -0.1) is 0 Å². The van der Waals surface area contributed by atoms with E-state index in [1.807, 2.05) is 51.1 Å². The molecule has 116 valence electrons. The van der Waals surface area contributed by atoms with E-state index in [0.717, 1.165) is 36.1 Å². The molecule has 4 heteroatoms. The van der Waals surface area contributed by atoms with Crippen LogP contribution in [0.4, 0.5) is 0 Å². The second kappa shape index (κ2) is 5.27. The first-order valence-corrected chi connectivity index (χ1v) is 7.81. The number of nitrogens with zero attached hydrogens (tertiary/aromatic N) is 2. The Morgan fingerprint density at radius 1 is 1.05 bits per heavy atom. The standard InChI is InChI=1S/C18H22N2O2/c1-18(2,3)20-16(21)14-10-7-11-15(14)19(17(20)22)12-13-8-5-4-6-9-13/h4-6,8-9H,7,10-12H2,1-3H3. The summed E-state index contributed by atoms with van der Waals surface area (Å²) in [6, 6.07) is 9.94. The van der Waals surface area contributed by atoms with E-state index in [0.29, 0.717) is 6.54 Å². The Balaban J connectivity index is 2.24. The number of hydrogen-bond acceptors (Lipinski definition) is 2. The highest BCUT2D eigenvalue weighted by molar-refractivity contribution is 5.26. The third-order valence-electron chi connectivity index (χ3n) is 4.25. The van der Waals surface area contributed by atoms with Crippen molar-refractivity contribution in [2.24, 2.45) is 0 Å². The maximum atomic E-state index is 12.9. The van der Waals surface area contributed by atoms with Gasteiger partial charge in [0.2, 0.25) is 0 Å². The largest absolute Gasteiger partial charge is 0.332 e. The van der Waals surface area contributed by atoms with Gasteiger partial charge in [-0.2, -0.15) is 0 Å². The minimum absolute atomic E-state index is 0.102. The lowest BCUT2D eigenvalue weighted by Gasteiger charge is -2.24. The molecule has 0 N–H and O–H groups in total. The Labute approximate surface area is 130 Å². The van der Waals surface area contributed by atoms with Gasteiger partial charge < -0.3 is 0 Å². The Kier molecular flexibility index (Phi) is 3.55. The molecule has 1 aromatic carbocycles. The molecule has 0 amide bonds. The second-order valence-electron chi connectivity index (χ2n) is 6.94. The summed E-state index contributed by atoms with van der Waals surface area (Å²) < 4.78 is 3.21. The van der Waals surface area contributed by atoms with Crippen molar-refractivity contribution < 1.29 is 0 Å². The second-order valence-corrected chi connectivity index (χ2v) is 6.94. The molecule has 0 bridgehead atoms. The fraction of sp³-hybridized carbons (Fsp3) is 0.444. The molecule has 0 saturated carbocycles. The molecule has 0 radical (unpaired) electrons. The van der Waals surface area contributed by atoms with Crippen molar-refractivity contribution in [3.05, 3.63) is 68.0 Å². The Morgan fingerprint density at radius 2 is 1.73 bits per heavy atom. The molecule has 4 nitrogen and oxygen atoms in total. The molecule has 0 saturated heterocycles. The molecule has 0 aliphatic heterocycles. The molecule has 0 unspecified atom stereocenters. The van der Waals surface area contributed by atoms with Crippen LogP contribution in [0.2, 0.25) is 0 Å². The lowest BCUT2D eigenvalue weighted by atomic mass is 10.1. The van der Waals surface area contributed by atoms with Gasteiger partial charge in [0.05, 0.1) is 6.54 Å². The van der Waals surface area contributed by atoms with Gasteiger partial charge in [0.15, 0.2) is 0 Å². The van der Waals surface area contributed by atoms with Crippen LogP contribution < -0.4 is 11.2 Å². The smallest absolute Gasteiger partial charge is 0.293 e. The highest BCUT2D eigenvalue weighted by atomic mass is 16.2.